The van der Waals surface area contributed by atoms with Gasteiger partial charge >= 0.3 is 6.03 Å². The van der Waals surface area contributed by atoms with Crippen molar-refractivity contribution in [1.29, 1.82) is 0 Å². The molecule has 3 N–H and O–H groups in total. The Morgan fingerprint density at radius 2 is 1.91 bits per heavy atom. The number of rotatable bonds is 9. The van der Waals surface area contributed by atoms with Gasteiger partial charge in [0.1, 0.15) is 28.0 Å². The number of sulfonamides is 1. The summed E-state index contributed by atoms with van der Waals surface area (Å²) in [6.45, 7) is 4.27. The van der Waals surface area contributed by atoms with Crippen LogP contribution in [0.5, 0.6) is 17.2 Å². The molecule has 10 nitrogen and oxygen atoms in total. The first-order valence-corrected chi connectivity index (χ1v) is 12.5. The fraction of sp³-hybridized carbons (Fsp3) is 0.391. The van der Waals surface area contributed by atoms with Crippen molar-refractivity contribution in [2.75, 3.05) is 33.4 Å². The molecule has 3 rings (SSSR count). The molecule has 0 bridgehead atoms. The summed E-state index contributed by atoms with van der Waals surface area (Å²) in [5.74, 6) is -0.744. The second-order valence-corrected chi connectivity index (χ2v) is 9.27. The SMILES string of the molecule is CCNC(=O)NS(=O)(=O)c1cc2c(cc1OCC)OCCC2CNC(=O)c1cc(F)ccc1OC. The molecule has 0 aromatic heterocycles. The van der Waals surface area contributed by atoms with Crippen LogP contribution in [0.4, 0.5) is 9.18 Å². The number of halogens is 1. The van der Waals surface area contributed by atoms with Crippen molar-refractivity contribution >= 4 is 22.0 Å². The third-order valence-corrected chi connectivity index (χ3v) is 6.66. The first-order valence-electron chi connectivity index (χ1n) is 11.1. The van der Waals surface area contributed by atoms with Gasteiger partial charge in [0.15, 0.2) is 0 Å². The summed E-state index contributed by atoms with van der Waals surface area (Å²) < 4.78 is 57.9. The maximum atomic E-state index is 13.7. The molecule has 1 aliphatic heterocycles. The van der Waals surface area contributed by atoms with Crippen LogP contribution in [0.3, 0.4) is 0 Å². The molecular formula is C23H28FN3O7S. The van der Waals surface area contributed by atoms with Gasteiger partial charge in [-0.15, -0.1) is 0 Å². The molecule has 0 fully saturated rings. The number of benzene rings is 2. The van der Waals surface area contributed by atoms with Gasteiger partial charge in [0.2, 0.25) is 0 Å². The lowest BCUT2D eigenvalue weighted by molar-refractivity contribution is 0.0944. The second-order valence-electron chi connectivity index (χ2n) is 7.62. The van der Waals surface area contributed by atoms with Gasteiger partial charge in [0.05, 0.1) is 25.9 Å². The molecule has 2 aromatic carbocycles. The molecule has 1 aliphatic rings. The van der Waals surface area contributed by atoms with Crippen LogP contribution in [0.2, 0.25) is 0 Å². The van der Waals surface area contributed by atoms with Gasteiger partial charge in [-0.2, -0.15) is 0 Å². The van der Waals surface area contributed by atoms with E-state index in [4.69, 9.17) is 14.2 Å². The van der Waals surface area contributed by atoms with Crippen molar-refractivity contribution in [2.24, 2.45) is 0 Å². The minimum absolute atomic E-state index is 0.0391. The number of amides is 3. The highest BCUT2D eigenvalue weighted by atomic mass is 32.2. The van der Waals surface area contributed by atoms with E-state index in [9.17, 15) is 22.4 Å². The third kappa shape index (κ3) is 6.13. The zero-order valence-corrected chi connectivity index (χ0v) is 20.5. The fourth-order valence-corrected chi connectivity index (χ4v) is 4.79. The Balaban J connectivity index is 1.90. The summed E-state index contributed by atoms with van der Waals surface area (Å²) in [7, 11) is -2.89. The van der Waals surface area contributed by atoms with E-state index in [-0.39, 0.29) is 47.6 Å². The van der Waals surface area contributed by atoms with Gasteiger partial charge in [0, 0.05) is 30.6 Å². The van der Waals surface area contributed by atoms with E-state index in [2.05, 4.69) is 10.6 Å². The topological polar surface area (TPSA) is 132 Å². The minimum Gasteiger partial charge on any atom is -0.496 e. The van der Waals surface area contributed by atoms with E-state index in [1.807, 2.05) is 4.72 Å². The Morgan fingerprint density at radius 1 is 1.14 bits per heavy atom. The lowest BCUT2D eigenvalue weighted by Gasteiger charge is -2.27. The maximum absolute atomic E-state index is 13.7. The van der Waals surface area contributed by atoms with Crippen molar-refractivity contribution in [3.63, 3.8) is 0 Å². The number of carbonyl (C=O) groups excluding carboxylic acids is 2. The number of hydrogen-bond donors (Lipinski definition) is 3. The smallest absolute Gasteiger partial charge is 0.328 e. The number of carbonyl (C=O) groups is 2. The molecule has 190 valence electrons. The Morgan fingerprint density at radius 3 is 2.60 bits per heavy atom. The van der Waals surface area contributed by atoms with Gasteiger partial charge < -0.3 is 24.8 Å². The summed E-state index contributed by atoms with van der Waals surface area (Å²) in [6.07, 6.45) is 0.491. The fourth-order valence-electron chi connectivity index (χ4n) is 3.70. The summed E-state index contributed by atoms with van der Waals surface area (Å²) in [6, 6.07) is 5.63. The third-order valence-electron chi connectivity index (χ3n) is 5.31. The average molecular weight is 510 g/mol. The normalized spacial score (nSPS) is 14.8. The van der Waals surface area contributed by atoms with Gasteiger partial charge in [-0.25, -0.2) is 22.3 Å². The van der Waals surface area contributed by atoms with E-state index in [0.29, 0.717) is 24.3 Å². The summed E-state index contributed by atoms with van der Waals surface area (Å²) >= 11 is 0. The Bertz CT molecular complexity index is 1200. The van der Waals surface area contributed by atoms with Crippen molar-refractivity contribution in [1.82, 2.24) is 15.4 Å². The monoisotopic (exact) mass is 509 g/mol. The van der Waals surface area contributed by atoms with Crippen LogP contribution in [0, 0.1) is 5.82 Å². The van der Waals surface area contributed by atoms with Crippen LogP contribution < -0.4 is 29.6 Å². The molecule has 0 spiro atoms. The highest BCUT2D eigenvalue weighted by Gasteiger charge is 2.30. The zero-order chi connectivity index (χ0) is 25.6. The second kappa shape index (κ2) is 11.3. The number of urea groups is 1. The predicted molar refractivity (Wildman–Crippen MR) is 125 cm³/mol. The molecule has 0 radical (unpaired) electrons. The van der Waals surface area contributed by atoms with E-state index in [1.165, 1.54) is 31.4 Å². The lowest BCUT2D eigenvalue weighted by atomic mass is 9.92. The molecule has 0 saturated carbocycles. The number of ether oxygens (including phenoxy) is 3. The van der Waals surface area contributed by atoms with Gasteiger partial charge in [-0.1, -0.05) is 0 Å². The Hall–Kier alpha value is -3.54. The van der Waals surface area contributed by atoms with Crippen molar-refractivity contribution < 1.29 is 36.6 Å². The summed E-state index contributed by atoms with van der Waals surface area (Å²) in [4.78, 5) is 24.4. The van der Waals surface area contributed by atoms with Crippen LogP contribution in [-0.4, -0.2) is 53.8 Å². The molecule has 12 heteroatoms. The van der Waals surface area contributed by atoms with Crippen LogP contribution in [0.15, 0.2) is 35.2 Å². The van der Waals surface area contributed by atoms with E-state index < -0.39 is 27.8 Å². The summed E-state index contributed by atoms with van der Waals surface area (Å²) in [5, 5.41) is 5.13. The molecule has 1 unspecified atom stereocenters. The highest BCUT2D eigenvalue weighted by Crippen LogP contribution is 2.40. The van der Waals surface area contributed by atoms with Crippen molar-refractivity contribution in [3.05, 3.63) is 47.3 Å². The minimum atomic E-state index is -4.27. The molecule has 0 aliphatic carbocycles. The molecular weight excluding hydrogens is 481 g/mol. The average Bonchev–Trinajstić information content (AvgIpc) is 2.81. The van der Waals surface area contributed by atoms with Crippen LogP contribution in [-0.2, 0) is 10.0 Å². The molecule has 35 heavy (non-hydrogen) atoms. The Labute approximate surface area is 203 Å². The first kappa shape index (κ1) is 26.1. The van der Waals surface area contributed by atoms with Gasteiger partial charge in [0.25, 0.3) is 15.9 Å². The van der Waals surface area contributed by atoms with Crippen LogP contribution in [0.25, 0.3) is 0 Å². The number of methoxy groups -OCH3 is 1. The lowest BCUT2D eigenvalue weighted by Crippen LogP contribution is -2.39. The van der Waals surface area contributed by atoms with E-state index in [1.54, 1.807) is 13.8 Å². The number of hydrogen-bond acceptors (Lipinski definition) is 7. The predicted octanol–water partition coefficient (Wildman–Crippen LogP) is 2.54. The quantitative estimate of drug-likeness (QED) is 0.473. The van der Waals surface area contributed by atoms with Crippen molar-refractivity contribution in [2.45, 2.75) is 31.1 Å². The van der Waals surface area contributed by atoms with Crippen LogP contribution in [0.1, 0.15) is 42.1 Å². The molecule has 2 aromatic rings. The largest absolute Gasteiger partial charge is 0.496 e. The number of nitrogens with one attached hydrogen (secondary N) is 3. The summed E-state index contributed by atoms with van der Waals surface area (Å²) in [5.41, 5.74) is 0.573. The molecule has 3 amide bonds. The zero-order valence-electron chi connectivity index (χ0n) is 19.6. The van der Waals surface area contributed by atoms with Crippen LogP contribution >= 0.6 is 0 Å². The van der Waals surface area contributed by atoms with Crippen molar-refractivity contribution in [3.8, 4) is 17.2 Å². The molecule has 1 atom stereocenters. The van der Waals surface area contributed by atoms with E-state index in [0.717, 1.165) is 6.07 Å². The molecule has 1 heterocycles. The Kier molecular flexibility index (Phi) is 8.39. The van der Waals surface area contributed by atoms with E-state index >= 15 is 0 Å². The highest BCUT2D eigenvalue weighted by molar-refractivity contribution is 7.90. The standard InChI is InChI=1S/C23H28FN3O7S/c1-4-25-23(29)27-35(30,31)21-11-16-14(8-9-34-19(16)12-20(21)33-5-2)13-26-22(28)17-10-15(24)6-7-18(17)32-3/h6-7,10-12,14H,4-5,8-9,13H2,1-3H3,(H,26,28)(H2,25,27,29). The molecule has 0 saturated heterocycles. The van der Waals surface area contributed by atoms with Gasteiger partial charge in [-0.3, -0.25) is 4.79 Å². The maximum Gasteiger partial charge on any atom is 0.328 e. The first-order chi connectivity index (χ1) is 16.7. The van der Waals surface area contributed by atoms with Gasteiger partial charge in [-0.05, 0) is 44.5 Å². The number of fused-ring (bicyclic) bond motifs is 1.